The molecule has 0 aliphatic carbocycles. The average Bonchev–Trinajstić information content (AvgIpc) is 2.18. The van der Waals surface area contributed by atoms with Crippen LogP contribution in [0.5, 0.6) is 0 Å². The zero-order valence-electron chi connectivity index (χ0n) is 8.83. The quantitative estimate of drug-likeness (QED) is 0.653. The molecule has 72 valence electrons. The Labute approximate surface area is 87.8 Å². The number of fused-ring (bicyclic) bond motifs is 1. The largest absolute Gasteiger partial charge is 0.0654 e. The zero-order chi connectivity index (χ0) is 9.97. The molecule has 2 rings (SSSR count). The Kier molecular flexibility index (Phi) is 2.68. The molecule has 0 fully saturated rings. The summed E-state index contributed by atoms with van der Waals surface area (Å²) in [6, 6.07) is 15.4. The van der Waals surface area contributed by atoms with Crippen molar-refractivity contribution >= 4 is 25.5 Å². The molecule has 0 atom stereocenters. The fraction of sp³-hybridized carbons (Fsp3) is 0.231. The maximum Gasteiger partial charge on any atom is 0.0581 e. The third-order valence-electron chi connectivity index (χ3n) is 2.51. The fourth-order valence-electron chi connectivity index (χ4n) is 1.91. The molecule has 14 heavy (non-hydrogen) atoms. The molecule has 0 aliphatic heterocycles. The van der Waals surface area contributed by atoms with Gasteiger partial charge < -0.3 is 0 Å². The fourth-order valence-corrected chi connectivity index (χ4v) is 3.60. The summed E-state index contributed by atoms with van der Waals surface area (Å²) >= 11 is 0. The van der Waals surface area contributed by atoms with Crippen LogP contribution in [0.25, 0.3) is 10.8 Å². The minimum absolute atomic E-state index is 0.0985. The van der Waals surface area contributed by atoms with E-state index in [1.165, 1.54) is 10.8 Å². The van der Waals surface area contributed by atoms with Crippen LogP contribution in [0.4, 0.5) is 0 Å². The van der Waals surface area contributed by atoms with Crippen molar-refractivity contribution in [2.75, 3.05) is 0 Å². The Balaban J connectivity index is 2.53. The second-order valence-electron chi connectivity index (χ2n) is 4.24. The van der Waals surface area contributed by atoms with E-state index in [2.05, 4.69) is 56.3 Å². The molecule has 0 saturated carbocycles. The van der Waals surface area contributed by atoms with Crippen LogP contribution < -0.4 is 5.19 Å². The molecule has 0 saturated heterocycles. The molecule has 0 bridgehead atoms. The van der Waals surface area contributed by atoms with E-state index >= 15 is 0 Å². The summed E-state index contributed by atoms with van der Waals surface area (Å²) in [6.07, 6.45) is 0. The van der Waals surface area contributed by atoms with Gasteiger partial charge in [-0.2, -0.15) is 0 Å². The molecule has 2 aromatic rings. The van der Waals surface area contributed by atoms with E-state index < -0.39 is 0 Å². The van der Waals surface area contributed by atoms with E-state index in [9.17, 15) is 0 Å². The summed E-state index contributed by atoms with van der Waals surface area (Å²) in [5.74, 6) is 0. The predicted octanol–water partition coefficient (Wildman–Crippen LogP) is 2.46. The van der Waals surface area contributed by atoms with Gasteiger partial charge in [0.2, 0.25) is 0 Å². The lowest BCUT2D eigenvalue weighted by Gasteiger charge is -2.07. The van der Waals surface area contributed by atoms with Gasteiger partial charge in [-0.1, -0.05) is 67.0 Å². The lowest BCUT2D eigenvalue weighted by Crippen LogP contribution is -2.17. The van der Waals surface area contributed by atoms with Crippen LogP contribution >= 0.6 is 0 Å². The first kappa shape index (κ1) is 9.47. The maximum atomic E-state index is 2.33. The number of benzene rings is 2. The van der Waals surface area contributed by atoms with Crippen molar-refractivity contribution in [2.24, 2.45) is 0 Å². The van der Waals surface area contributed by atoms with Crippen LogP contribution in [-0.4, -0.2) is 9.52 Å². The van der Waals surface area contributed by atoms with Crippen molar-refractivity contribution in [1.29, 1.82) is 0 Å². The summed E-state index contributed by atoms with van der Waals surface area (Å²) in [5, 5.41) is 4.46. The van der Waals surface area contributed by atoms with Crippen LogP contribution in [0.3, 0.4) is 0 Å². The van der Waals surface area contributed by atoms with Gasteiger partial charge in [-0.15, -0.1) is 0 Å². The summed E-state index contributed by atoms with van der Waals surface area (Å²) in [5.41, 5.74) is 0.862. The molecule has 0 nitrogen and oxygen atoms in total. The third-order valence-corrected chi connectivity index (χ3v) is 4.38. The zero-order valence-corrected chi connectivity index (χ0v) is 10.2. The molecule has 0 unspecified atom stereocenters. The minimum Gasteiger partial charge on any atom is -0.0654 e. The highest BCUT2D eigenvalue weighted by atomic mass is 28.2. The molecule has 0 spiro atoms. The standard InChI is InChI=1S/C13H16Si/c1-10(2)14-13-9-5-7-11-6-3-4-8-12(11)13/h3-10H,14H2,1-2H3. The van der Waals surface area contributed by atoms with Crippen molar-refractivity contribution in [1.82, 2.24) is 0 Å². The second kappa shape index (κ2) is 3.97. The van der Waals surface area contributed by atoms with Gasteiger partial charge in [0.15, 0.2) is 0 Å². The topological polar surface area (TPSA) is 0 Å². The molecule has 0 aliphatic rings. The summed E-state index contributed by atoms with van der Waals surface area (Å²) in [7, 11) is -0.0985. The van der Waals surface area contributed by atoms with Crippen LogP contribution in [0.2, 0.25) is 5.54 Å². The molecule has 0 amide bonds. The molecule has 0 heterocycles. The first-order valence-electron chi connectivity index (χ1n) is 5.24. The van der Waals surface area contributed by atoms with E-state index in [-0.39, 0.29) is 9.52 Å². The van der Waals surface area contributed by atoms with Crippen LogP contribution in [-0.2, 0) is 0 Å². The van der Waals surface area contributed by atoms with Crippen molar-refractivity contribution in [2.45, 2.75) is 19.4 Å². The highest BCUT2D eigenvalue weighted by Crippen LogP contribution is 2.11. The number of hydrogen-bond donors (Lipinski definition) is 0. The molecule has 0 N–H and O–H groups in total. The van der Waals surface area contributed by atoms with E-state index in [0.29, 0.717) is 0 Å². The van der Waals surface area contributed by atoms with Crippen LogP contribution in [0.15, 0.2) is 42.5 Å². The van der Waals surface area contributed by atoms with E-state index in [1.54, 1.807) is 5.19 Å². The Morgan fingerprint density at radius 1 is 0.929 bits per heavy atom. The maximum absolute atomic E-state index is 2.33. The highest BCUT2D eigenvalue weighted by Gasteiger charge is 2.02. The molecule has 1 heteroatoms. The van der Waals surface area contributed by atoms with E-state index in [0.717, 1.165) is 5.54 Å². The molecule has 2 aromatic carbocycles. The van der Waals surface area contributed by atoms with Gasteiger partial charge in [-0.05, 0) is 10.8 Å². The van der Waals surface area contributed by atoms with Gasteiger partial charge in [-0.3, -0.25) is 0 Å². The number of hydrogen-bond acceptors (Lipinski definition) is 0. The minimum atomic E-state index is -0.0985. The second-order valence-corrected chi connectivity index (χ2v) is 7.04. The van der Waals surface area contributed by atoms with Gasteiger partial charge in [0.05, 0.1) is 9.52 Å². The van der Waals surface area contributed by atoms with E-state index in [1.807, 2.05) is 0 Å². The normalized spacial score (nSPS) is 11.9. The molecular formula is C13H16Si. The number of rotatable bonds is 2. The van der Waals surface area contributed by atoms with E-state index in [4.69, 9.17) is 0 Å². The molecule has 0 radical (unpaired) electrons. The van der Waals surface area contributed by atoms with Gasteiger partial charge >= 0.3 is 0 Å². The lowest BCUT2D eigenvalue weighted by molar-refractivity contribution is 1.07. The highest BCUT2D eigenvalue weighted by molar-refractivity contribution is 6.58. The monoisotopic (exact) mass is 200 g/mol. The van der Waals surface area contributed by atoms with Crippen molar-refractivity contribution in [3.63, 3.8) is 0 Å². The predicted molar refractivity (Wildman–Crippen MR) is 67.2 cm³/mol. The summed E-state index contributed by atoms with van der Waals surface area (Å²) < 4.78 is 0. The third kappa shape index (κ3) is 1.88. The Bertz CT molecular complexity index is 427. The summed E-state index contributed by atoms with van der Waals surface area (Å²) in [6.45, 7) is 4.65. The van der Waals surface area contributed by atoms with Crippen molar-refractivity contribution in [3.8, 4) is 0 Å². The first-order valence-corrected chi connectivity index (χ1v) is 6.76. The van der Waals surface area contributed by atoms with Gasteiger partial charge in [0, 0.05) is 0 Å². The molecule has 0 aromatic heterocycles. The lowest BCUT2D eigenvalue weighted by atomic mass is 10.1. The van der Waals surface area contributed by atoms with Crippen molar-refractivity contribution < 1.29 is 0 Å². The van der Waals surface area contributed by atoms with Crippen molar-refractivity contribution in [3.05, 3.63) is 42.5 Å². The van der Waals surface area contributed by atoms with Gasteiger partial charge in [0.1, 0.15) is 0 Å². The summed E-state index contributed by atoms with van der Waals surface area (Å²) in [4.78, 5) is 0. The van der Waals surface area contributed by atoms with Gasteiger partial charge in [0.25, 0.3) is 0 Å². The van der Waals surface area contributed by atoms with Gasteiger partial charge in [-0.25, -0.2) is 0 Å². The molecular weight excluding hydrogens is 184 g/mol. The Morgan fingerprint density at radius 2 is 1.64 bits per heavy atom. The Morgan fingerprint density at radius 3 is 2.43 bits per heavy atom. The van der Waals surface area contributed by atoms with Crippen LogP contribution in [0.1, 0.15) is 13.8 Å². The van der Waals surface area contributed by atoms with Crippen LogP contribution in [0, 0.1) is 0 Å². The first-order chi connectivity index (χ1) is 6.77. The smallest absolute Gasteiger partial charge is 0.0581 e. The average molecular weight is 200 g/mol. The Hall–Kier alpha value is -1.08. The SMILES string of the molecule is CC(C)[SiH2]c1cccc2ccccc12.